The molecule has 41 heavy (non-hydrogen) atoms. The van der Waals surface area contributed by atoms with Crippen molar-refractivity contribution in [3.05, 3.63) is 42.0 Å². The summed E-state index contributed by atoms with van der Waals surface area (Å²) in [7, 11) is -4.39. The highest BCUT2D eigenvalue weighted by atomic mass is 32.2. The van der Waals surface area contributed by atoms with Crippen LogP contribution in [0.1, 0.15) is 154 Å². The first-order chi connectivity index (χ1) is 19.8. The average Bonchev–Trinajstić information content (AvgIpc) is 2.96. The molecule has 1 unspecified atom stereocenters. The van der Waals surface area contributed by atoms with Gasteiger partial charge in [0, 0.05) is 6.42 Å². The van der Waals surface area contributed by atoms with Gasteiger partial charge < -0.3 is 9.04 Å². The number of hydrogen-bond acceptors (Lipinski definition) is 3. The van der Waals surface area contributed by atoms with Crippen molar-refractivity contribution in [3.8, 4) is 0 Å². The number of hydrogen-bond donors (Lipinski definition) is 0. The lowest BCUT2D eigenvalue weighted by atomic mass is 10.0. The van der Waals surface area contributed by atoms with Crippen LogP contribution < -0.4 is 0 Å². The first-order valence-corrected chi connectivity index (χ1v) is 18.8. The zero-order valence-corrected chi connectivity index (χ0v) is 28.0. The fourth-order valence-electron chi connectivity index (χ4n) is 6.17. The molecule has 5 heteroatoms. The van der Waals surface area contributed by atoms with Gasteiger partial charge in [-0.3, -0.25) is 0 Å². The Kier molecular flexibility index (Phi) is 21.5. The summed E-state index contributed by atoms with van der Waals surface area (Å²) in [6.45, 7) is 14.8. The number of nitrogens with zero attached hydrogens (tertiary/aromatic N) is 1. The van der Waals surface area contributed by atoms with E-state index < -0.39 is 15.4 Å². The summed E-state index contributed by atoms with van der Waals surface area (Å²) in [6, 6.07) is 7.79. The summed E-state index contributed by atoms with van der Waals surface area (Å²) in [6.07, 6.45) is 25.4. The van der Waals surface area contributed by atoms with E-state index in [2.05, 4.69) is 27.4 Å². The van der Waals surface area contributed by atoms with Crippen molar-refractivity contribution < 1.29 is 17.5 Å². The summed E-state index contributed by atoms with van der Waals surface area (Å²) in [5.41, 5.74) is 1.92. The van der Waals surface area contributed by atoms with E-state index in [1.54, 1.807) is 6.08 Å². The highest BCUT2D eigenvalue weighted by Gasteiger charge is 2.29. The summed E-state index contributed by atoms with van der Waals surface area (Å²) in [5.74, 6) is 0. The molecule has 1 aromatic carbocycles. The van der Waals surface area contributed by atoms with E-state index in [0.717, 1.165) is 41.8 Å². The molecule has 0 spiro atoms. The Bertz CT molecular complexity index is 825. The Labute approximate surface area is 255 Å². The number of unbranched alkanes of at least 4 members (excludes halogenated alkanes) is 15. The number of quaternary nitrogens is 1. The molecule has 0 heterocycles. The van der Waals surface area contributed by atoms with Crippen molar-refractivity contribution in [1.29, 1.82) is 0 Å². The quantitative estimate of drug-likeness (QED) is 0.0553. The van der Waals surface area contributed by atoms with Crippen LogP contribution in [0.15, 0.2) is 30.8 Å². The lowest BCUT2D eigenvalue weighted by Gasteiger charge is -2.40. The van der Waals surface area contributed by atoms with E-state index in [4.69, 9.17) is 0 Å². The van der Waals surface area contributed by atoms with E-state index in [-0.39, 0.29) is 0 Å². The van der Waals surface area contributed by atoms with Gasteiger partial charge >= 0.3 is 0 Å². The van der Waals surface area contributed by atoms with Crippen LogP contribution >= 0.6 is 0 Å². The second-order valence-corrected chi connectivity index (χ2v) is 14.2. The molecule has 0 bridgehead atoms. The molecular formula is C36H65NO3S. The normalized spacial score (nSPS) is 13.0. The summed E-state index contributed by atoms with van der Waals surface area (Å²) in [5, 5.41) is -0.867. The molecule has 0 aliphatic heterocycles. The fourth-order valence-corrected chi connectivity index (χ4v) is 6.96. The van der Waals surface area contributed by atoms with Crippen LogP contribution in [0.4, 0.5) is 0 Å². The molecule has 1 rings (SSSR count). The number of benzene rings is 1. The molecule has 0 radical (unpaired) electrons. The standard InChI is InChI=1S/C36H65NO3S/c1-5-9-12-15-18-21-29-37(30-22-19-16-13-10-6-2,31-23-20-17-14-11-7-3)32-28-36(41(38,39)40)33-35-26-24-34(8-4)25-27-35/h8,24-27,36H,4-7,9-23,28-33H2,1-3H3. The summed E-state index contributed by atoms with van der Waals surface area (Å²) >= 11 is 0. The highest BCUT2D eigenvalue weighted by molar-refractivity contribution is 7.86. The lowest BCUT2D eigenvalue weighted by molar-refractivity contribution is -0.929. The zero-order valence-electron chi connectivity index (χ0n) is 27.2. The van der Waals surface area contributed by atoms with Gasteiger partial charge in [-0.15, -0.1) is 0 Å². The van der Waals surface area contributed by atoms with Crippen molar-refractivity contribution in [3.63, 3.8) is 0 Å². The van der Waals surface area contributed by atoms with Crippen LogP contribution in [-0.2, 0) is 16.5 Å². The molecule has 0 N–H and O–H groups in total. The van der Waals surface area contributed by atoms with E-state index in [1.165, 1.54) is 116 Å². The van der Waals surface area contributed by atoms with Gasteiger partial charge in [0.1, 0.15) is 0 Å². The van der Waals surface area contributed by atoms with Gasteiger partial charge in [-0.1, -0.05) is 135 Å². The fraction of sp³-hybridized carbons (Fsp3) is 0.778. The van der Waals surface area contributed by atoms with Gasteiger partial charge in [0.25, 0.3) is 0 Å². The molecule has 1 aromatic rings. The molecule has 0 aliphatic carbocycles. The van der Waals surface area contributed by atoms with Crippen LogP contribution in [0.25, 0.3) is 6.08 Å². The maximum Gasteiger partial charge on any atom is 0.0981 e. The molecule has 0 saturated heterocycles. The average molecular weight is 592 g/mol. The van der Waals surface area contributed by atoms with E-state index in [1.807, 2.05) is 24.3 Å². The molecule has 0 fully saturated rings. The van der Waals surface area contributed by atoms with Crippen LogP contribution in [-0.4, -0.2) is 48.9 Å². The van der Waals surface area contributed by atoms with Crippen LogP contribution in [0, 0.1) is 0 Å². The van der Waals surface area contributed by atoms with Gasteiger partial charge in [-0.05, 0) is 56.1 Å². The Balaban J connectivity index is 3.02. The molecule has 1 atom stereocenters. The minimum atomic E-state index is -4.39. The largest absolute Gasteiger partial charge is 0.748 e. The second-order valence-electron chi connectivity index (χ2n) is 12.6. The SMILES string of the molecule is C=Cc1ccc(CC(CC[N+](CCCCCCCC)(CCCCCCCC)CCCCCCCC)S(=O)(=O)[O-])cc1. The van der Waals surface area contributed by atoms with Gasteiger partial charge in [-0.2, -0.15) is 0 Å². The summed E-state index contributed by atoms with van der Waals surface area (Å²) in [4.78, 5) is 0. The maximum absolute atomic E-state index is 12.5. The molecule has 0 aliphatic rings. The van der Waals surface area contributed by atoms with E-state index >= 15 is 0 Å². The van der Waals surface area contributed by atoms with Crippen molar-refractivity contribution in [2.45, 2.75) is 154 Å². The predicted molar refractivity (Wildman–Crippen MR) is 178 cm³/mol. The maximum atomic E-state index is 12.5. The first kappa shape index (κ1) is 37.9. The Morgan fingerprint density at radius 1 is 0.659 bits per heavy atom. The van der Waals surface area contributed by atoms with E-state index in [9.17, 15) is 13.0 Å². The molecule has 0 saturated carbocycles. The van der Waals surface area contributed by atoms with Crippen molar-refractivity contribution >= 4 is 16.2 Å². The lowest BCUT2D eigenvalue weighted by Crippen LogP contribution is -2.52. The van der Waals surface area contributed by atoms with Crippen LogP contribution in [0.5, 0.6) is 0 Å². The topological polar surface area (TPSA) is 57.2 Å². The third kappa shape index (κ3) is 18.2. The van der Waals surface area contributed by atoms with Crippen molar-refractivity contribution in [1.82, 2.24) is 0 Å². The minimum Gasteiger partial charge on any atom is -0.748 e. The molecule has 238 valence electrons. The van der Waals surface area contributed by atoms with Gasteiger partial charge in [0.05, 0.1) is 41.5 Å². The monoisotopic (exact) mass is 591 g/mol. The predicted octanol–water partition coefficient (Wildman–Crippen LogP) is 10.1. The van der Waals surface area contributed by atoms with Crippen LogP contribution in [0.2, 0.25) is 0 Å². The van der Waals surface area contributed by atoms with Gasteiger partial charge in [0.2, 0.25) is 0 Å². The molecule has 0 aromatic heterocycles. The van der Waals surface area contributed by atoms with E-state index in [0.29, 0.717) is 12.8 Å². The van der Waals surface area contributed by atoms with Crippen molar-refractivity contribution in [2.24, 2.45) is 0 Å². The third-order valence-electron chi connectivity index (χ3n) is 8.97. The summed E-state index contributed by atoms with van der Waals surface area (Å²) < 4.78 is 38.4. The van der Waals surface area contributed by atoms with Crippen molar-refractivity contribution in [2.75, 3.05) is 26.2 Å². The molecular weight excluding hydrogens is 526 g/mol. The Morgan fingerprint density at radius 2 is 1.05 bits per heavy atom. The zero-order chi connectivity index (χ0) is 30.2. The third-order valence-corrected chi connectivity index (χ3v) is 10.2. The molecule has 0 amide bonds. The smallest absolute Gasteiger partial charge is 0.0981 e. The van der Waals surface area contributed by atoms with Crippen LogP contribution in [0.3, 0.4) is 0 Å². The number of rotatable bonds is 28. The van der Waals surface area contributed by atoms with Gasteiger partial charge in [-0.25, -0.2) is 8.42 Å². The van der Waals surface area contributed by atoms with Gasteiger partial charge in [0.15, 0.2) is 0 Å². The molecule has 4 nitrogen and oxygen atoms in total. The Hall–Kier alpha value is -1.17. The highest BCUT2D eigenvalue weighted by Crippen LogP contribution is 2.23. The first-order valence-electron chi connectivity index (χ1n) is 17.3. The minimum absolute atomic E-state index is 0.300. The Morgan fingerprint density at radius 3 is 1.41 bits per heavy atom. The second kappa shape index (κ2) is 23.3.